The third kappa shape index (κ3) is 5.23. The summed E-state index contributed by atoms with van der Waals surface area (Å²) in [5, 5.41) is 3.54. The van der Waals surface area contributed by atoms with Gasteiger partial charge in [-0.25, -0.2) is 0 Å². The molecule has 0 aliphatic heterocycles. The summed E-state index contributed by atoms with van der Waals surface area (Å²) in [6, 6.07) is 6.39. The fraction of sp³-hybridized carbons (Fsp3) is 0.647. The number of benzene rings is 1. The third-order valence-electron chi connectivity index (χ3n) is 3.30. The normalized spacial score (nSPS) is 11.9. The molecule has 1 aromatic carbocycles. The Kier molecular flexibility index (Phi) is 5.86. The molecule has 0 heterocycles. The third-order valence-corrected chi connectivity index (χ3v) is 3.30. The molecule has 0 fully saturated rings. The molecule has 0 bridgehead atoms. The maximum atomic E-state index is 6.20. The maximum Gasteiger partial charge on any atom is 0.127 e. The van der Waals surface area contributed by atoms with Gasteiger partial charge in [0.05, 0.1) is 6.10 Å². The molecule has 2 nitrogen and oxygen atoms in total. The molecular weight excluding hydrogens is 234 g/mol. The van der Waals surface area contributed by atoms with Gasteiger partial charge in [-0.15, -0.1) is 0 Å². The lowest BCUT2D eigenvalue weighted by Gasteiger charge is -2.24. The van der Waals surface area contributed by atoms with E-state index in [-0.39, 0.29) is 5.54 Å². The van der Waals surface area contributed by atoms with Gasteiger partial charge in [-0.2, -0.15) is 0 Å². The van der Waals surface area contributed by atoms with E-state index in [0.717, 1.165) is 25.1 Å². The van der Waals surface area contributed by atoms with Crippen molar-refractivity contribution in [3.63, 3.8) is 0 Å². The molecule has 0 unspecified atom stereocenters. The number of hydrogen-bond donors (Lipinski definition) is 1. The SMILES string of the molecule is CCC(CC)Oc1c(C)cccc1CNC(C)(C)C. The van der Waals surface area contributed by atoms with Crippen LogP contribution in [0.4, 0.5) is 0 Å². The van der Waals surface area contributed by atoms with E-state index < -0.39 is 0 Å². The summed E-state index contributed by atoms with van der Waals surface area (Å²) in [5.41, 5.74) is 2.59. The zero-order valence-corrected chi connectivity index (χ0v) is 13.3. The number of rotatable bonds is 6. The van der Waals surface area contributed by atoms with E-state index in [1.807, 2.05) is 0 Å². The molecule has 2 heteroatoms. The Balaban J connectivity index is 2.88. The minimum atomic E-state index is 0.121. The topological polar surface area (TPSA) is 21.3 Å². The Morgan fingerprint density at radius 3 is 2.32 bits per heavy atom. The average Bonchev–Trinajstić information content (AvgIpc) is 2.34. The van der Waals surface area contributed by atoms with Crippen molar-refractivity contribution in [1.82, 2.24) is 5.32 Å². The number of aryl methyl sites for hydroxylation is 1. The van der Waals surface area contributed by atoms with Crippen LogP contribution in [-0.2, 0) is 6.54 Å². The standard InChI is InChI=1S/C17H29NO/c1-7-15(8-2)19-16-13(3)10-9-11-14(16)12-18-17(4,5)6/h9-11,15,18H,7-8,12H2,1-6H3. The summed E-state index contributed by atoms with van der Waals surface area (Å²) in [7, 11) is 0. The first-order valence-corrected chi connectivity index (χ1v) is 7.37. The van der Waals surface area contributed by atoms with Gasteiger partial charge in [0, 0.05) is 17.6 Å². The van der Waals surface area contributed by atoms with E-state index in [4.69, 9.17) is 4.74 Å². The Morgan fingerprint density at radius 2 is 1.79 bits per heavy atom. The van der Waals surface area contributed by atoms with Crippen molar-refractivity contribution in [2.75, 3.05) is 0 Å². The molecule has 0 saturated heterocycles. The zero-order valence-electron chi connectivity index (χ0n) is 13.3. The fourth-order valence-electron chi connectivity index (χ4n) is 2.00. The monoisotopic (exact) mass is 263 g/mol. The van der Waals surface area contributed by atoms with Gasteiger partial charge in [0.15, 0.2) is 0 Å². The van der Waals surface area contributed by atoms with Gasteiger partial charge >= 0.3 is 0 Å². The van der Waals surface area contributed by atoms with E-state index in [1.165, 1.54) is 11.1 Å². The van der Waals surface area contributed by atoms with Crippen LogP contribution in [0.1, 0.15) is 58.6 Å². The number of para-hydroxylation sites is 1. The Labute approximate surface area is 118 Å². The van der Waals surface area contributed by atoms with Crippen LogP contribution in [-0.4, -0.2) is 11.6 Å². The van der Waals surface area contributed by atoms with Crippen molar-refractivity contribution in [1.29, 1.82) is 0 Å². The summed E-state index contributed by atoms with van der Waals surface area (Å²) in [6.07, 6.45) is 2.42. The first kappa shape index (κ1) is 16.0. The minimum Gasteiger partial charge on any atom is -0.490 e. The van der Waals surface area contributed by atoms with Crippen molar-refractivity contribution in [2.45, 2.75) is 72.6 Å². The van der Waals surface area contributed by atoms with Gasteiger partial charge in [-0.05, 0) is 46.1 Å². The molecule has 0 aliphatic rings. The summed E-state index contributed by atoms with van der Waals surface area (Å²) in [6.45, 7) is 13.9. The molecule has 0 amide bonds. The minimum absolute atomic E-state index is 0.121. The van der Waals surface area contributed by atoms with Crippen molar-refractivity contribution in [3.8, 4) is 5.75 Å². The van der Waals surface area contributed by atoms with Gasteiger partial charge in [0.25, 0.3) is 0 Å². The van der Waals surface area contributed by atoms with Crippen LogP contribution in [0.3, 0.4) is 0 Å². The van der Waals surface area contributed by atoms with Gasteiger partial charge in [0.1, 0.15) is 5.75 Å². The van der Waals surface area contributed by atoms with Crippen LogP contribution in [0.5, 0.6) is 5.75 Å². The highest BCUT2D eigenvalue weighted by Crippen LogP contribution is 2.26. The zero-order chi connectivity index (χ0) is 14.5. The first-order chi connectivity index (χ1) is 8.87. The van der Waals surface area contributed by atoms with Gasteiger partial charge in [-0.3, -0.25) is 0 Å². The quantitative estimate of drug-likeness (QED) is 0.818. The first-order valence-electron chi connectivity index (χ1n) is 7.37. The summed E-state index contributed by atoms with van der Waals surface area (Å²) in [5.74, 6) is 1.06. The second-order valence-electron chi connectivity index (χ2n) is 6.22. The van der Waals surface area contributed by atoms with Crippen LogP contribution < -0.4 is 10.1 Å². The average molecular weight is 263 g/mol. The molecule has 0 atom stereocenters. The van der Waals surface area contributed by atoms with Crippen LogP contribution in [0, 0.1) is 6.92 Å². The lowest BCUT2D eigenvalue weighted by Crippen LogP contribution is -2.35. The van der Waals surface area contributed by atoms with E-state index in [1.54, 1.807) is 0 Å². The fourth-order valence-corrected chi connectivity index (χ4v) is 2.00. The largest absolute Gasteiger partial charge is 0.490 e. The summed E-state index contributed by atoms with van der Waals surface area (Å²) in [4.78, 5) is 0. The van der Waals surface area contributed by atoms with Crippen molar-refractivity contribution in [3.05, 3.63) is 29.3 Å². The molecule has 0 spiro atoms. The second-order valence-corrected chi connectivity index (χ2v) is 6.22. The molecule has 1 N–H and O–H groups in total. The Bertz CT molecular complexity index is 389. The van der Waals surface area contributed by atoms with E-state index in [0.29, 0.717) is 6.10 Å². The molecule has 1 aromatic rings. The smallest absolute Gasteiger partial charge is 0.127 e. The highest BCUT2D eigenvalue weighted by atomic mass is 16.5. The highest BCUT2D eigenvalue weighted by Gasteiger charge is 2.14. The molecule has 0 radical (unpaired) electrons. The molecular formula is C17H29NO. The lowest BCUT2D eigenvalue weighted by molar-refractivity contribution is 0.189. The van der Waals surface area contributed by atoms with Crippen molar-refractivity contribution < 1.29 is 4.74 Å². The lowest BCUT2D eigenvalue weighted by atomic mass is 10.1. The number of ether oxygens (including phenoxy) is 1. The Hall–Kier alpha value is -1.02. The number of nitrogens with one attached hydrogen (secondary N) is 1. The maximum absolute atomic E-state index is 6.20. The molecule has 0 aromatic heterocycles. The van der Waals surface area contributed by atoms with Crippen LogP contribution >= 0.6 is 0 Å². The van der Waals surface area contributed by atoms with E-state index >= 15 is 0 Å². The van der Waals surface area contributed by atoms with Crippen LogP contribution in [0.25, 0.3) is 0 Å². The molecule has 108 valence electrons. The molecule has 0 saturated carbocycles. The van der Waals surface area contributed by atoms with E-state index in [2.05, 4.69) is 65.1 Å². The second kappa shape index (κ2) is 6.95. The molecule has 0 aliphatic carbocycles. The Morgan fingerprint density at radius 1 is 1.16 bits per heavy atom. The van der Waals surface area contributed by atoms with Crippen LogP contribution in [0.2, 0.25) is 0 Å². The molecule has 1 rings (SSSR count). The predicted molar refractivity (Wildman–Crippen MR) is 82.8 cm³/mol. The van der Waals surface area contributed by atoms with Crippen molar-refractivity contribution >= 4 is 0 Å². The van der Waals surface area contributed by atoms with Crippen LogP contribution in [0.15, 0.2) is 18.2 Å². The van der Waals surface area contributed by atoms with E-state index in [9.17, 15) is 0 Å². The summed E-state index contributed by atoms with van der Waals surface area (Å²) < 4.78 is 6.20. The van der Waals surface area contributed by atoms with Gasteiger partial charge in [-0.1, -0.05) is 32.0 Å². The van der Waals surface area contributed by atoms with Gasteiger partial charge in [0.2, 0.25) is 0 Å². The van der Waals surface area contributed by atoms with Crippen molar-refractivity contribution in [2.24, 2.45) is 0 Å². The predicted octanol–water partition coefficient (Wildman–Crippen LogP) is 4.45. The van der Waals surface area contributed by atoms with Gasteiger partial charge < -0.3 is 10.1 Å². The number of hydrogen-bond acceptors (Lipinski definition) is 2. The summed E-state index contributed by atoms with van der Waals surface area (Å²) >= 11 is 0. The highest BCUT2D eigenvalue weighted by molar-refractivity contribution is 5.41. The molecule has 19 heavy (non-hydrogen) atoms.